The fourth-order valence-electron chi connectivity index (χ4n) is 2.08. The molecule has 0 bridgehead atoms. The van der Waals surface area contributed by atoms with Gasteiger partial charge in [-0.25, -0.2) is 0 Å². The molecule has 0 radical (unpaired) electrons. The minimum atomic E-state index is -0.0993. The number of hydrogen-bond acceptors (Lipinski definition) is 2. The average molecular weight is 348 g/mol. The third kappa shape index (κ3) is 3.85. The number of anilines is 1. The van der Waals surface area contributed by atoms with Crippen LogP contribution >= 0.6 is 15.9 Å². The van der Waals surface area contributed by atoms with E-state index in [9.17, 15) is 4.79 Å². The van der Waals surface area contributed by atoms with Gasteiger partial charge in [-0.2, -0.15) is 0 Å². The number of nitrogens with one attached hydrogen (secondary N) is 1. The molecule has 1 amide bonds. The molecular formula is C17H18BrNO2. The lowest BCUT2D eigenvalue weighted by molar-refractivity contribution is 0.102. The van der Waals surface area contributed by atoms with Crippen LogP contribution in [0.15, 0.2) is 42.5 Å². The van der Waals surface area contributed by atoms with Crippen molar-refractivity contribution in [3.63, 3.8) is 0 Å². The molecule has 21 heavy (non-hydrogen) atoms. The molecule has 0 heterocycles. The molecule has 0 saturated carbocycles. The molecular weight excluding hydrogens is 330 g/mol. The Hall–Kier alpha value is -1.81. The standard InChI is InChI=1S/C17H18BrNO2/c1-3-21-16-9-8-14(10-13(16)11-18)19-17(20)15-7-5-4-6-12(15)2/h4-10H,3,11H2,1-2H3,(H,19,20). The number of hydrogen-bond donors (Lipinski definition) is 1. The Kier molecular flexibility index (Phi) is 5.39. The predicted octanol–water partition coefficient (Wildman–Crippen LogP) is 4.54. The average Bonchev–Trinajstić information content (AvgIpc) is 2.49. The van der Waals surface area contributed by atoms with E-state index in [2.05, 4.69) is 21.2 Å². The lowest BCUT2D eigenvalue weighted by Crippen LogP contribution is -2.13. The number of benzene rings is 2. The number of carbonyl (C=O) groups excluding carboxylic acids is 1. The van der Waals surface area contributed by atoms with Crippen LogP contribution < -0.4 is 10.1 Å². The van der Waals surface area contributed by atoms with Crippen LogP contribution in [0.25, 0.3) is 0 Å². The molecule has 0 spiro atoms. The second kappa shape index (κ2) is 7.27. The smallest absolute Gasteiger partial charge is 0.255 e. The highest BCUT2D eigenvalue weighted by atomic mass is 79.9. The molecule has 0 unspecified atom stereocenters. The molecule has 110 valence electrons. The van der Waals surface area contributed by atoms with Crippen LogP contribution in [-0.2, 0) is 5.33 Å². The maximum atomic E-state index is 12.3. The maximum Gasteiger partial charge on any atom is 0.255 e. The predicted molar refractivity (Wildman–Crippen MR) is 89.4 cm³/mol. The van der Waals surface area contributed by atoms with Crippen LogP contribution in [0, 0.1) is 6.92 Å². The van der Waals surface area contributed by atoms with E-state index >= 15 is 0 Å². The first-order valence-corrected chi connectivity index (χ1v) is 7.96. The van der Waals surface area contributed by atoms with Gasteiger partial charge in [0, 0.05) is 22.1 Å². The minimum Gasteiger partial charge on any atom is -0.494 e. The highest BCUT2D eigenvalue weighted by Crippen LogP contribution is 2.25. The Morgan fingerprint density at radius 1 is 1.24 bits per heavy atom. The number of carbonyl (C=O) groups is 1. The molecule has 0 aromatic heterocycles. The number of amides is 1. The summed E-state index contributed by atoms with van der Waals surface area (Å²) in [7, 11) is 0. The van der Waals surface area contributed by atoms with Crippen molar-refractivity contribution < 1.29 is 9.53 Å². The van der Waals surface area contributed by atoms with Gasteiger partial charge in [-0.1, -0.05) is 34.1 Å². The summed E-state index contributed by atoms with van der Waals surface area (Å²) in [5, 5.41) is 3.60. The van der Waals surface area contributed by atoms with Gasteiger partial charge in [-0.05, 0) is 43.7 Å². The van der Waals surface area contributed by atoms with E-state index < -0.39 is 0 Å². The second-order valence-electron chi connectivity index (χ2n) is 4.66. The van der Waals surface area contributed by atoms with E-state index in [0.29, 0.717) is 17.5 Å². The first kappa shape index (κ1) is 15.6. The number of rotatable bonds is 5. The lowest BCUT2D eigenvalue weighted by atomic mass is 10.1. The van der Waals surface area contributed by atoms with Crippen molar-refractivity contribution in [2.24, 2.45) is 0 Å². The summed E-state index contributed by atoms with van der Waals surface area (Å²) in [6, 6.07) is 13.2. The molecule has 3 nitrogen and oxygen atoms in total. The molecule has 2 aromatic rings. The summed E-state index contributed by atoms with van der Waals surface area (Å²) >= 11 is 3.44. The van der Waals surface area contributed by atoms with Crippen LogP contribution in [0.1, 0.15) is 28.4 Å². The van der Waals surface area contributed by atoms with Crippen LogP contribution in [0.3, 0.4) is 0 Å². The molecule has 4 heteroatoms. The zero-order valence-electron chi connectivity index (χ0n) is 12.2. The van der Waals surface area contributed by atoms with E-state index in [4.69, 9.17) is 4.74 Å². The zero-order chi connectivity index (χ0) is 15.2. The largest absolute Gasteiger partial charge is 0.494 e. The van der Waals surface area contributed by atoms with Gasteiger partial charge in [-0.15, -0.1) is 0 Å². The summed E-state index contributed by atoms with van der Waals surface area (Å²) in [4.78, 5) is 12.3. The molecule has 1 N–H and O–H groups in total. The van der Waals surface area contributed by atoms with E-state index in [1.165, 1.54) is 0 Å². The number of alkyl halides is 1. The van der Waals surface area contributed by atoms with Crippen molar-refractivity contribution in [1.29, 1.82) is 0 Å². The number of aryl methyl sites for hydroxylation is 1. The second-order valence-corrected chi connectivity index (χ2v) is 5.22. The van der Waals surface area contributed by atoms with Gasteiger partial charge < -0.3 is 10.1 Å². The highest BCUT2D eigenvalue weighted by molar-refractivity contribution is 9.08. The molecule has 0 aliphatic carbocycles. The van der Waals surface area contributed by atoms with Crippen molar-refractivity contribution in [3.8, 4) is 5.75 Å². The van der Waals surface area contributed by atoms with E-state index in [-0.39, 0.29) is 5.91 Å². The fourth-order valence-corrected chi connectivity index (χ4v) is 2.52. The van der Waals surface area contributed by atoms with E-state index in [1.807, 2.05) is 56.3 Å². The summed E-state index contributed by atoms with van der Waals surface area (Å²) in [6.07, 6.45) is 0. The van der Waals surface area contributed by atoms with Crippen molar-refractivity contribution in [1.82, 2.24) is 0 Å². The van der Waals surface area contributed by atoms with E-state index in [1.54, 1.807) is 0 Å². The van der Waals surface area contributed by atoms with Gasteiger partial charge in [-0.3, -0.25) is 4.79 Å². The van der Waals surface area contributed by atoms with Gasteiger partial charge in [0.1, 0.15) is 5.75 Å². The van der Waals surface area contributed by atoms with Crippen LogP contribution in [0.5, 0.6) is 5.75 Å². The zero-order valence-corrected chi connectivity index (χ0v) is 13.7. The summed E-state index contributed by atoms with van der Waals surface area (Å²) in [5.41, 5.74) is 3.43. The van der Waals surface area contributed by atoms with Crippen molar-refractivity contribution in [2.45, 2.75) is 19.2 Å². The Bertz CT molecular complexity index is 640. The van der Waals surface area contributed by atoms with Gasteiger partial charge >= 0.3 is 0 Å². The first-order chi connectivity index (χ1) is 10.2. The van der Waals surface area contributed by atoms with Crippen LogP contribution in [0.2, 0.25) is 0 Å². The first-order valence-electron chi connectivity index (χ1n) is 6.84. The van der Waals surface area contributed by atoms with Gasteiger partial charge in [0.25, 0.3) is 5.91 Å². The third-order valence-electron chi connectivity index (χ3n) is 3.15. The molecule has 2 rings (SSSR count). The molecule has 0 aliphatic heterocycles. The van der Waals surface area contributed by atoms with Crippen molar-refractivity contribution in [2.75, 3.05) is 11.9 Å². The Labute approximate surface area is 133 Å². The Balaban J connectivity index is 2.20. The van der Waals surface area contributed by atoms with Crippen molar-refractivity contribution >= 4 is 27.5 Å². The highest BCUT2D eigenvalue weighted by Gasteiger charge is 2.10. The molecule has 0 atom stereocenters. The maximum absolute atomic E-state index is 12.3. The normalized spacial score (nSPS) is 10.2. The molecule has 0 saturated heterocycles. The fraction of sp³-hybridized carbons (Fsp3) is 0.235. The van der Waals surface area contributed by atoms with Gasteiger partial charge in [0.15, 0.2) is 0 Å². The summed E-state index contributed by atoms with van der Waals surface area (Å²) in [5.74, 6) is 0.737. The van der Waals surface area contributed by atoms with Crippen LogP contribution in [-0.4, -0.2) is 12.5 Å². The Morgan fingerprint density at radius 2 is 2.00 bits per heavy atom. The quantitative estimate of drug-likeness (QED) is 0.806. The monoisotopic (exact) mass is 347 g/mol. The Morgan fingerprint density at radius 3 is 2.67 bits per heavy atom. The number of halogens is 1. The number of ether oxygens (including phenoxy) is 1. The molecule has 0 aliphatic rings. The van der Waals surface area contributed by atoms with Crippen molar-refractivity contribution in [3.05, 3.63) is 59.2 Å². The summed E-state index contributed by atoms with van der Waals surface area (Å²) in [6.45, 7) is 4.50. The topological polar surface area (TPSA) is 38.3 Å². The molecule has 0 fully saturated rings. The third-order valence-corrected chi connectivity index (χ3v) is 3.76. The van der Waals surface area contributed by atoms with Crippen LogP contribution in [0.4, 0.5) is 5.69 Å². The van der Waals surface area contributed by atoms with Gasteiger partial charge in [0.05, 0.1) is 6.61 Å². The minimum absolute atomic E-state index is 0.0993. The summed E-state index contributed by atoms with van der Waals surface area (Å²) < 4.78 is 5.55. The molecule has 2 aromatic carbocycles. The lowest BCUT2D eigenvalue weighted by Gasteiger charge is -2.12. The van der Waals surface area contributed by atoms with Gasteiger partial charge in [0.2, 0.25) is 0 Å². The SMILES string of the molecule is CCOc1ccc(NC(=O)c2ccccc2C)cc1CBr. The van der Waals surface area contributed by atoms with E-state index in [0.717, 1.165) is 22.6 Å².